The fourth-order valence-electron chi connectivity index (χ4n) is 2.42. The molecule has 0 saturated heterocycles. The van der Waals surface area contributed by atoms with E-state index < -0.39 is 0 Å². The Hall–Kier alpha value is -0.540. The minimum Gasteiger partial charge on any atom is -0.322 e. The van der Waals surface area contributed by atoms with Crippen molar-refractivity contribution in [2.75, 3.05) is 0 Å². The van der Waals surface area contributed by atoms with Crippen LogP contribution in [0.15, 0.2) is 6.20 Å². The van der Waals surface area contributed by atoms with Gasteiger partial charge in [0.2, 0.25) is 0 Å². The molecule has 2 N–H and O–H groups in total. The highest BCUT2D eigenvalue weighted by atomic mass is 35.5. The predicted octanol–water partition coefficient (Wildman–Crippen LogP) is 4.16. The molecule has 2 unspecified atom stereocenters. The molecule has 0 bridgehead atoms. The molecule has 0 fully saturated rings. The van der Waals surface area contributed by atoms with E-state index >= 15 is 0 Å². The smallest absolute Gasteiger partial charge is 0.0834 e. The second-order valence-corrected chi connectivity index (χ2v) is 5.34. The fourth-order valence-corrected chi connectivity index (χ4v) is 2.69. The Bertz CT molecular complexity index is 349. The van der Waals surface area contributed by atoms with Crippen LogP contribution >= 0.6 is 11.6 Å². The average molecular weight is 272 g/mol. The number of unbranched alkanes of at least 4 members (excludes halogenated alkanes) is 1. The Balaban J connectivity index is 2.85. The van der Waals surface area contributed by atoms with Gasteiger partial charge >= 0.3 is 0 Å². The molecule has 104 valence electrons. The summed E-state index contributed by atoms with van der Waals surface area (Å²) in [6, 6.07) is 0.00287. The number of rotatable bonds is 8. The lowest BCUT2D eigenvalue weighted by Crippen LogP contribution is -2.24. The third-order valence-electron chi connectivity index (χ3n) is 3.55. The molecule has 1 rings (SSSR count). The molecule has 0 radical (unpaired) electrons. The van der Waals surface area contributed by atoms with Gasteiger partial charge in [0.15, 0.2) is 0 Å². The van der Waals surface area contributed by atoms with Gasteiger partial charge in [-0.25, -0.2) is 0 Å². The second kappa shape index (κ2) is 7.80. The van der Waals surface area contributed by atoms with Crippen LogP contribution in [-0.2, 0) is 6.54 Å². The highest BCUT2D eigenvalue weighted by Gasteiger charge is 2.23. The van der Waals surface area contributed by atoms with Crippen LogP contribution in [0, 0.1) is 5.92 Å². The van der Waals surface area contributed by atoms with E-state index in [2.05, 4.69) is 25.9 Å². The lowest BCUT2D eigenvalue weighted by Gasteiger charge is -2.24. The third kappa shape index (κ3) is 3.72. The highest BCUT2D eigenvalue weighted by Crippen LogP contribution is 2.31. The molecule has 18 heavy (non-hydrogen) atoms. The zero-order chi connectivity index (χ0) is 13.5. The Labute approximate surface area is 116 Å². The van der Waals surface area contributed by atoms with Crippen molar-refractivity contribution < 1.29 is 0 Å². The van der Waals surface area contributed by atoms with Crippen LogP contribution in [-0.4, -0.2) is 9.78 Å². The summed E-state index contributed by atoms with van der Waals surface area (Å²) in [5.41, 5.74) is 7.44. The number of hydrogen-bond donors (Lipinski definition) is 1. The van der Waals surface area contributed by atoms with Crippen molar-refractivity contribution in [3.63, 3.8) is 0 Å². The van der Waals surface area contributed by atoms with Crippen molar-refractivity contribution in [2.45, 2.75) is 65.5 Å². The molecule has 0 aromatic carbocycles. The summed E-state index contributed by atoms with van der Waals surface area (Å²) in [4.78, 5) is 0. The monoisotopic (exact) mass is 271 g/mol. The van der Waals surface area contributed by atoms with Crippen LogP contribution < -0.4 is 5.73 Å². The Morgan fingerprint density at radius 2 is 2.06 bits per heavy atom. The van der Waals surface area contributed by atoms with E-state index in [4.69, 9.17) is 17.3 Å². The van der Waals surface area contributed by atoms with Crippen molar-refractivity contribution in [3.05, 3.63) is 16.9 Å². The first-order valence-corrected chi connectivity index (χ1v) is 7.50. The molecule has 1 heterocycles. The maximum absolute atomic E-state index is 6.42. The summed E-state index contributed by atoms with van der Waals surface area (Å²) in [7, 11) is 0. The number of aryl methyl sites for hydroxylation is 1. The molecule has 0 amide bonds. The summed E-state index contributed by atoms with van der Waals surface area (Å²) >= 11 is 6.25. The summed E-state index contributed by atoms with van der Waals surface area (Å²) < 4.78 is 1.97. The fraction of sp³-hybridized carbons (Fsp3) is 0.786. The van der Waals surface area contributed by atoms with Gasteiger partial charge in [0, 0.05) is 6.54 Å². The summed E-state index contributed by atoms with van der Waals surface area (Å²) in [5, 5.41) is 5.04. The maximum Gasteiger partial charge on any atom is 0.0834 e. The molecule has 4 heteroatoms. The summed E-state index contributed by atoms with van der Waals surface area (Å²) in [6.45, 7) is 7.44. The van der Waals surface area contributed by atoms with Gasteiger partial charge < -0.3 is 5.73 Å². The van der Waals surface area contributed by atoms with Crippen molar-refractivity contribution in [3.8, 4) is 0 Å². The van der Waals surface area contributed by atoms with Gasteiger partial charge in [0.1, 0.15) is 0 Å². The van der Waals surface area contributed by atoms with E-state index in [0.717, 1.165) is 25.1 Å². The van der Waals surface area contributed by atoms with Crippen LogP contribution in [0.2, 0.25) is 5.02 Å². The first-order valence-electron chi connectivity index (χ1n) is 7.12. The van der Waals surface area contributed by atoms with Gasteiger partial charge in [-0.3, -0.25) is 4.68 Å². The van der Waals surface area contributed by atoms with Crippen molar-refractivity contribution in [2.24, 2.45) is 11.7 Å². The largest absolute Gasteiger partial charge is 0.322 e. The van der Waals surface area contributed by atoms with Crippen LogP contribution in [0.25, 0.3) is 0 Å². The molecule has 0 aliphatic carbocycles. The molecule has 1 aromatic heterocycles. The molecular formula is C14H26ClN3. The number of hydrogen-bond acceptors (Lipinski definition) is 2. The molecule has 2 atom stereocenters. The third-order valence-corrected chi connectivity index (χ3v) is 3.84. The standard InChI is InChI=1S/C14H26ClN3/c1-4-7-8-11(6-3)13(16)14-12(15)10-17-18(14)9-5-2/h10-11,13H,4-9,16H2,1-3H3. The minimum atomic E-state index is 0.00287. The average Bonchev–Trinajstić information content (AvgIpc) is 2.72. The Kier molecular flexibility index (Phi) is 6.72. The van der Waals surface area contributed by atoms with Gasteiger partial charge in [-0.15, -0.1) is 0 Å². The van der Waals surface area contributed by atoms with Crippen molar-refractivity contribution >= 4 is 11.6 Å². The zero-order valence-electron chi connectivity index (χ0n) is 11.8. The maximum atomic E-state index is 6.42. The molecule has 1 aromatic rings. The lowest BCUT2D eigenvalue weighted by atomic mass is 9.90. The van der Waals surface area contributed by atoms with Crippen LogP contribution in [0.1, 0.15) is 64.6 Å². The first kappa shape index (κ1) is 15.5. The van der Waals surface area contributed by atoms with Crippen LogP contribution in [0.4, 0.5) is 0 Å². The number of nitrogens with zero attached hydrogens (tertiary/aromatic N) is 2. The first-order chi connectivity index (χ1) is 8.65. The Morgan fingerprint density at radius 1 is 1.33 bits per heavy atom. The van der Waals surface area contributed by atoms with E-state index in [1.54, 1.807) is 6.20 Å². The van der Waals surface area contributed by atoms with E-state index in [0.29, 0.717) is 10.9 Å². The van der Waals surface area contributed by atoms with Crippen molar-refractivity contribution in [1.82, 2.24) is 9.78 Å². The SMILES string of the molecule is CCCCC(CC)C(N)c1c(Cl)cnn1CCC. The zero-order valence-corrected chi connectivity index (χ0v) is 12.6. The van der Waals surface area contributed by atoms with E-state index in [9.17, 15) is 0 Å². The van der Waals surface area contributed by atoms with Gasteiger partial charge in [0.05, 0.1) is 23.0 Å². The molecule has 3 nitrogen and oxygen atoms in total. The van der Waals surface area contributed by atoms with Gasteiger partial charge in [0.25, 0.3) is 0 Å². The quantitative estimate of drug-likeness (QED) is 0.771. The van der Waals surface area contributed by atoms with Gasteiger partial charge in [-0.2, -0.15) is 5.10 Å². The molecule has 0 aliphatic heterocycles. The topological polar surface area (TPSA) is 43.8 Å². The molecular weight excluding hydrogens is 246 g/mol. The van der Waals surface area contributed by atoms with E-state index in [1.807, 2.05) is 4.68 Å². The van der Waals surface area contributed by atoms with Crippen molar-refractivity contribution in [1.29, 1.82) is 0 Å². The Morgan fingerprint density at radius 3 is 2.61 bits per heavy atom. The van der Waals surface area contributed by atoms with Crippen LogP contribution in [0.5, 0.6) is 0 Å². The number of aromatic nitrogens is 2. The predicted molar refractivity (Wildman–Crippen MR) is 77.8 cm³/mol. The molecule has 0 aliphatic rings. The normalized spacial score (nSPS) is 14.7. The van der Waals surface area contributed by atoms with E-state index in [-0.39, 0.29) is 6.04 Å². The summed E-state index contributed by atoms with van der Waals surface area (Å²) in [6.07, 6.45) is 7.47. The molecule has 0 spiro atoms. The highest BCUT2D eigenvalue weighted by molar-refractivity contribution is 6.31. The lowest BCUT2D eigenvalue weighted by molar-refractivity contribution is 0.358. The van der Waals surface area contributed by atoms with Crippen LogP contribution in [0.3, 0.4) is 0 Å². The summed E-state index contributed by atoms with van der Waals surface area (Å²) in [5.74, 6) is 0.495. The van der Waals surface area contributed by atoms with Gasteiger partial charge in [-0.05, 0) is 18.8 Å². The minimum absolute atomic E-state index is 0.00287. The van der Waals surface area contributed by atoms with Gasteiger partial charge in [-0.1, -0.05) is 51.6 Å². The second-order valence-electron chi connectivity index (χ2n) is 4.94. The molecule has 0 saturated carbocycles. The number of halogens is 1. The number of nitrogens with two attached hydrogens (primary N) is 1. The van der Waals surface area contributed by atoms with E-state index in [1.165, 1.54) is 19.3 Å².